The molecule has 0 spiro atoms. The third-order valence-electron chi connectivity index (χ3n) is 5.36. The smallest absolute Gasteiger partial charge is 0.261 e. The molecule has 0 saturated carbocycles. The van der Waals surface area contributed by atoms with Gasteiger partial charge in [0.15, 0.2) is 0 Å². The van der Waals surface area contributed by atoms with Crippen LogP contribution in [0.3, 0.4) is 0 Å². The van der Waals surface area contributed by atoms with Crippen LogP contribution in [-0.2, 0) is 20.0 Å². The molecule has 4 aromatic rings. The molecule has 34 heavy (non-hydrogen) atoms. The first-order chi connectivity index (χ1) is 16.2. The third kappa shape index (κ3) is 4.65. The van der Waals surface area contributed by atoms with Gasteiger partial charge in [0.1, 0.15) is 11.2 Å². The molecule has 3 N–H and O–H groups in total. The van der Waals surface area contributed by atoms with Crippen molar-refractivity contribution in [3.63, 3.8) is 0 Å². The minimum atomic E-state index is -3.95. The van der Waals surface area contributed by atoms with Gasteiger partial charge in [-0.25, -0.2) is 16.8 Å². The molecule has 0 bridgehead atoms. The van der Waals surface area contributed by atoms with E-state index in [1.807, 2.05) is 6.92 Å². The van der Waals surface area contributed by atoms with Crippen molar-refractivity contribution in [3.8, 4) is 0 Å². The minimum Gasteiger partial charge on any atom is -0.456 e. The number of aliphatic hydroxyl groups excluding tert-OH is 2. The largest absolute Gasteiger partial charge is 0.456 e. The zero-order valence-electron chi connectivity index (χ0n) is 18.3. The van der Waals surface area contributed by atoms with Crippen molar-refractivity contribution in [3.05, 3.63) is 66.2 Å². The number of sulfonamides is 2. The summed E-state index contributed by atoms with van der Waals surface area (Å²) in [6.07, 6.45) is 0. The summed E-state index contributed by atoms with van der Waals surface area (Å²) in [5.74, 6) is 0. The van der Waals surface area contributed by atoms with Crippen LogP contribution in [0.1, 0.15) is 5.56 Å². The van der Waals surface area contributed by atoms with Crippen molar-refractivity contribution in [1.82, 2.24) is 4.31 Å². The van der Waals surface area contributed by atoms with Gasteiger partial charge in [-0.15, -0.1) is 0 Å². The Labute approximate surface area is 197 Å². The second-order valence-electron chi connectivity index (χ2n) is 7.74. The van der Waals surface area contributed by atoms with Crippen LogP contribution >= 0.6 is 0 Å². The number of nitrogens with zero attached hydrogens (tertiary/aromatic N) is 1. The van der Waals surface area contributed by atoms with Gasteiger partial charge < -0.3 is 14.6 Å². The van der Waals surface area contributed by atoms with Gasteiger partial charge >= 0.3 is 0 Å². The summed E-state index contributed by atoms with van der Waals surface area (Å²) in [6, 6.07) is 15.6. The Balaban J connectivity index is 1.70. The Kier molecular flexibility index (Phi) is 6.65. The van der Waals surface area contributed by atoms with Crippen LogP contribution in [0, 0.1) is 6.92 Å². The number of fused-ring (bicyclic) bond motifs is 3. The first kappa shape index (κ1) is 24.2. The number of hydrogen-bond acceptors (Lipinski definition) is 7. The summed E-state index contributed by atoms with van der Waals surface area (Å²) in [5.41, 5.74) is 2.07. The first-order valence-electron chi connectivity index (χ1n) is 10.4. The number of aryl methyl sites for hydroxylation is 1. The van der Waals surface area contributed by atoms with Gasteiger partial charge in [0.05, 0.1) is 28.7 Å². The predicted molar refractivity (Wildman–Crippen MR) is 129 cm³/mol. The fourth-order valence-corrected chi connectivity index (χ4v) is 6.13. The van der Waals surface area contributed by atoms with Gasteiger partial charge in [0.2, 0.25) is 10.0 Å². The fraction of sp³-hybridized carbons (Fsp3) is 0.217. The molecule has 1 aromatic heterocycles. The molecule has 0 unspecified atom stereocenters. The zero-order chi connectivity index (χ0) is 24.5. The maximum absolute atomic E-state index is 13.0. The number of anilines is 1. The molecule has 0 saturated heterocycles. The molecule has 0 aliphatic heterocycles. The molecule has 0 atom stereocenters. The standard InChI is InChI=1S/C23H24N2O7S2/c1-16-2-5-18(6-3-16)33(28,29)24-17-4-8-20-21-15-19(7-9-22(21)32-23(20)14-17)34(30,31)25(10-12-26)11-13-27/h2-9,14-15,24,26-27H,10-13H2,1H3. The highest BCUT2D eigenvalue weighted by atomic mass is 32.2. The van der Waals surface area contributed by atoms with Gasteiger partial charge in [-0.2, -0.15) is 4.31 Å². The minimum absolute atomic E-state index is 0.00579. The molecule has 0 fully saturated rings. The number of furan rings is 1. The van der Waals surface area contributed by atoms with E-state index in [2.05, 4.69) is 4.72 Å². The normalized spacial score (nSPS) is 12.6. The average molecular weight is 505 g/mol. The van der Waals surface area contributed by atoms with E-state index in [-0.39, 0.29) is 36.1 Å². The lowest BCUT2D eigenvalue weighted by Crippen LogP contribution is -2.35. The van der Waals surface area contributed by atoms with E-state index in [1.54, 1.807) is 30.3 Å². The summed E-state index contributed by atoms with van der Waals surface area (Å²) in [6.45, 7) is 0.830. The summed E-state index contributed by atoms with van der Waals surface area (Å²) in [7, 11) is -7.74. The van der Waals surface area contributed by atoms with Gasteiger partial charge in [-0.3, -0.25) is 4.72 Å². The summed E-state index contributed by atoms with van der Waals surface area (Å²) >= 11 is 0. The van der Waals surface area contributed by atoms with Gasteiger partial charge in [0, 0.05) is 29.9 Å². The van der Waals surface area contributed by atoms with Crippen molar-refractivity contribution in [2.45, 2.75) is 16.7 Å². The van der Waals surface area contributed by atoms with Crippen LogP contribution in [0.25, 0.3) is 21.9 Å². The molecule has 0 aliphatic rings. The van der Waals surface area contributed by atoms with E-state index in [0.717, 1.165) is 9.87 Å². The number of aliphatic hydroxyl groups is 2. The van der Waals surface area contributed by atoms with E-state index in [4.69, 9.17) is 4.42 Å². The predicted octanol–water partition coefficient (Wildman–Crippen LogP) is 2.67. The van der Waals surface area contributed by atoms with Gasteiger partial charge in [-0.1, -0.05) is 17.7 Å². The fourth-order valence-electron chi connectivity index (χ4n) is 3.64. The molecule has 180 valence electrons. The lowest BCUT2D eigenvalue weighted by atomic mass is 10.1. The van der Waals surface area contributed by atoms with Crippen LogP contribution in [0.15, 0.2) is 74.9 Å². The summed E-state index contributed by atoms with van der Waals surface area (Å²) in [4.78, 5) is 0.127. The maximum atomic E-state index is 13.0. The summed E-state index contributed by atoms with van der Waals surface area (Å²) in [5, 5.41) is 19.5. The molecular weight excluding hydrogens is 480 g/mol. The Bertz CT molecular complexity index is 1540. The van der Waals surface area contributed by atoms with E-state index in [0.29, 0.717) is 27.6 Å². The van der Waals surface area contributed by atoms with E-state index >= 15 is 0 Å². The number of benzene rings is 3. The topological polar surface area (TPSA) is 137 Å². The lowest BCUT2D eigenvalue weighted by molar-refractivity contribution is 0.217. The van der Waals surface area contributed by atoms with Crippen molar-refractivity contribution in [1.29, 1.82) is 0 Å². The van der Waals surface area contributed by atoms with Crippen molar-refractivity contribution in [2.75, 3.05) is 31.0 Å². The van der Waals surface area contributed by atoms with Gasteiger partial charge in [-0.05, 0) is 49.4 Å². The molecule has 0 amide bonds. The monoisotopic (exact) mass is 504 g/mol. The highest BCUT2D eigenvalue weighted by molar-refractivity contribution is 7.92. The summed E-state index contributed by atoms with van der Waals surface area (Å²) < 4.78 is 60.7. The molecule has 0 radical (unpaired) electrons. The van der Waals surface area contributed by atoms with Crippen molar-refractivity contribution in [2.24, 2.45) is 0 Å². The van der Waals surface area contributed by atoms with Crippen LogP contribution in [0.4, 0.5) is 5.69 Å². The quantitative estimate of drug-likeness (QED) is 0.319. The second-order valence-corrected chi connectivity index (χ2v) is 11.4. The lowest BCUT2D eigenvalue weighted by Gasteiger charge is -2.20. The molecule has 9 nitrogen and oxygen atoms in total. The molecule has 4 rings (SSSR count). The maximum Gasteiger partial charge on any atom is 0.261 e. The van der Waals surface area contributed by atoms with E-state index in [1.165, 1.54) is 30.3 Å². The van der Waals surface area contributed by atoms with Crippen LogP contribution < -0.4 is 4.72 Å². The average Bonchev–Trinajstić information content (AvgIpc) is 3.16. The van der Waals surface area contributed by atoms with Crippen molar-refractivity contribution < 1.29 is 31.5 Å². The van der Waals surface area contributed by atoms with E-state index in [9.17, 15) is 27.0 Å². The Hall–Kier alpha value is -2.96. The van der Waals surface area contributed by atoms with Gasteiger partial charge in [0.25, 0.3) is 10.0 Å². The number of hydrogen-bond donors (Lipinski definition) is 3. The van der Waals surface area contributed by atoms with Crippen LogP contribution in [-0.4, -0.2) is 57.7 Å². The van der Waals surface area contributed by atoms with Crippen LogP contribution in [0.5, 0.6) is 0 Å². The molecule has 1 heterocycles. The third-order valence-corrected chi connectivity index (χ3v) is 8.65. The molecule has 3 aromatic carbocycles. The highest BCUT2D eigenvalue weighted by Crippen LogP contribution is 2.33. The molecule has 0 aliphatic carbocycles. The van der Waals surface area contributed by atoms with E-state index < -0.39 is 20.0 Å². The number of rotatable bonds is 9. The van der Waals surface area contributed by atoms with Crippen LogP contribution in [0.2, 0.25) is 0 Å². The number of nitrogens with one attached hydrogen (secondary N) is 1. The Morgan fingerprint density at radius 2 is 1.44 bits per heavy atom. The van der Waals surface area contributed by atoms with Crippen molar-refractivity contribution >= 4 is 47.7 Å². The first-order valence-corrected chi connectivity index (χ1v) is 13.4. The zero-order valence-corrected chi connectivity index (χ0v) is 19.9. The molecule has 11 heteroatoms. The highest BCUT2D eigenvalue weighted by Gasteiger charge is 2.25. The Morgan fingerprint density at radius 1 is 0.794 bits per heavy atom. The SMILES string of the molecule is Cc1ccc(S(=O)(=O)Nc2ccc3c(c2)oc2ccc(S(=O)(=O)N(CCO)CCO)cc23)cc1. The second kappa shape index (κ2) is 9.35. The molecular formula is C23H24N2O7S2. The Morgan fingerprint density at radius 3 is 2.09 bits per heavy atom.